The molecule has 0 amide bonds. The first-order valence-electron chi connectivity index (χ1n) is 6.15. The molecule has 0 saturated heterocycles. The van der Waals surface area contributed by atoms with Gasteiger partial charge < -0.3 is 14.7 Å². The third-order valence-electron chi connectivity index (χ3n) is 3.39. The van der Waals surface area contributed by atoms with Crippen LogP contribution in [0, 0.1) is 0 Å². The monoisotopic (exact) mass is 247 g/mol. The van der Waals surface area contributed by atoms with Crippen molar-refractivity contribution in [2.24, 2.45) is 5.73 Å². The molecule has 2 aromatic rings. The zero-order valence-electron chi connectivity index (χ0n) is 10.4. The van der Waals surface area contributed by atoms with Gasteiger partial charge in [-0.1, -0.05) is 0 Å². The second kappa shape index (κ2) is 4.55. The van der Waals surface area contributed by atoms with Crippen molar-refractivity contribution in [3.05, 3.63) is 36.3 Å². The topological polar surface area (TPSA) is 73.1 Å². The molecule has 0 aromatic carbocycles. The van der Waals surface area contributed by atoms with Gasteiger partial charge in [0.2, 0.25) is 0 Å². The number of hydrogen-bond acceptors (Lipinski definition) is 5. The van der Waals surface area contributed by atoms with E-state index in [0.717, 1.165) is 31.2 Å². The van der Waals surface area contributed by atoms with E-state index in [1.54, 1.807) is 12.6 Å². The van der Waals surface area contributed by atoms with E-state index in [9.17, 15) is 0 Å². The van der Waals surface area contributed by atoms with Gasteiger partial charge in [-0.3, -0.25) is 4.90 Å². The van der Waals surface area contributed by atoms with E-state index in [0.29, 0.717) is 0 Å². The molecule has 2 N–H and O–H groups in total. The summed E-state index contributed by atoms with van der Waals surface area (Å²) in [4.78, 5) is 2.30. The fraction of sp³-hybridized carbons (Fsp3) is 0.500. The summed E-state index contributed by atoms with van der Waals surface area (Å²) in [6, 6.07) is 3.97. The summed E-state index contributed by atoms with van der Waals surface area (Å²) >= 11 is 0. The molecular formula is C12H17N5O. The minimum absolute atomic E-state index is 0.00521. The number of nitrogens with two attached hydrogens (primary N) is 1. The van der Waals surface area contributed by atoms with E-state index in [-0.39, 0.29) is 12.1 Å². The Balaban J connectivity index is 1.85. The largest absolute Gasteiger partial charge is 0.468 e. The Kier molecular flexibility index (Phi) is 2.89. The predicted molar refractivity (Wildman–Crippen MR) is 65.5 cm³/mol. The first kappa shape index (κ1) is 11.4. The summed E-state index contributed by atoms with van der Waals surface area (Å²) in [5.74, 6) is 1.90. The van der Waals surface area contributed by atoms with Gasteiger partial charge >= 0.3 is 0 Å². The average Bonchev–Trinajstić information content (AvgIpc) is 2.98. The zero-order valence-corrected chi connectivity index (χ0v) is 10.4. The van der Waals surface area contributed by atoms with Gasteiger partial charge in [0.15, 0.2) is 0 Å². The normalized spacial score (nSPS) is 19.4. The van der Waals surface area contributed by atoms with Crippen LogP contribution in [0.1, 0.15) is 24.6 Å². The minimum Gasteiger partial charge on any atom is -0.468 e. The fourth-order valence-electron chi connectivity index (χ4n) is 2.55. The number of nitrogens with zero attached hydrogens (tertiary/aromatic N) is 4. The second-order valence-electron chi connectivity index (χ2n) is 4.73. The highest BCUT2D eigenvalue weighted by molar-refractivity contribution is 5.08. The smallest absolute Gasteiger partial charge is 0.147 e. The first-order valence-corrected chi connectivity index (χ1v) is 6.15. The molecule has 18 heavy (non-hydrogen) atoms. The second-order valence-corrected chi connectivity index (χ2v) is 4.73. The Hall–Kier alpha value is -1.66. The molecule has 0 bridgehead atoms. The molecular weight excluding hydrogens is 230 g/mol. The van der Waals surface area contributed by atoms with Crippen LogP contribution in [0.15, 0.2) is 29.1 Å². The molecule has 1 aliphatic rings. The molecule has 0 spiro atoms. The number of rotatable bonds is 3. The van der Waals surface area contributed by atoms with Crippen molar-refractivity contribution in [2.75, 3.05) is 6.54 Å². The van der Waals surface area contributed by atoms with E-state index in [4.69, 9.17) is 10.2 Å². The molecule has 2 unspecified atom stereocenters. The van der Waals surface area contributed by atoms with Crippen LogP contribution in [0.5, 0.6) is 0 Å². The first-order chi connectivity index (χ1) is 8.75. The number of aromatic nitrogens is 3. The van der Waals surface area contributed by atoms with E-state index < -0.39 is 0 Å². The van der Waals surface area contributed by atoms with Crippen molar-refractivity contribution in [2.45, 2.75) is 32.1 Å². The molecule has 1 aliphatic heterocycles. The molecule has 2 aromatic heterocycles. The van der Waals surface area contributed by atoms with Crippen molar-refractivity contribution in [3.63, 3.8) is 0 Å². The standard InChI is InChI=1S/C12H17N5O/c1-9(13)12(10-3-2-6-18-10)16-4-5-17-8-14-15-11(17)7-16/h2-3,6,8-9,12H,4-5,7,13H2,1H3. The summed E-state index contributed by atoms with van der Waals surface area (Å²) in [7, 11) is 0. The lowest BCUT2D eigenvalue weighted by molar-refractivity contribution is 0.119. The molecule has 0 aliphatic carbocycles. The van der Waals surface area contributed by atoms with Gasteiger partial charge in [0.1, 0.15) is 17.9 Å². The van der Waals surface area contributed by atoms with Crippen LogP contribution >= 0.6 is 0 Å². The molecule has 6 nitrogen and oxygen atoms in total. The van der Waals surface area contributed by atoms with Crippen LogP contribution < -0.4 is 5.73 Å². The Morgan fingerprint density at radius 1 is 1.44 bits per heavy atom. The van der Waals surface area contributed by atoms with Gasteiger partial charge in [0.05, 0.1) is 18.8 Å². The summed E-state index contributed by atoms with van der Waals surface area (Å²) in [6.45, 7) is 4.59. The minimum atomic E-state index is 0.00521. The van der Waals surface area contributed by atoms with Gasteiger partial charge in [-0.25, -0.2) is 0 Å². The van der Waals surface area contributed by atoms with Gasteiger partial charge in [-0.15, -0.1) is 10.2 Å². The van der Waals surface area contributed by atoms with Gasteiger partial charge in [-0.05, 0) is 19.1 Å². The number of fused-ring (bicyclic) bond motifs is 1. The summed E-state index contributed by atoms with van der Waals surface area (Å²) < 4.78 is 7.60. The summed E-state index contributed by atoms with van der Waals surface area (Å²) in [5, 5.41) is 8.07. The van der Waals surface area contributed by atoms with Crippen molar-refractivity contribution >= 4 is 0 Å². The van der Waals surface area contributed by atoms with Gasteiger partial charge in [0.25, 0.3) is 0 Å². The lowest BCUT2D eigenvalue weighted by Gasteiger charge is -2.35. The van der Waals surface area contributed by atoms with Crippen molar-refractivity contribution in [1.82, 2.24) is 19.7 Å². The lowest BCUT2D eigenvalue weighted by atomic mass is 10.1. The Morgan fingerprint density at radius 3 is 3.06 bits per heavy atom. The van der Waals surface area contributed by atoms with Crippen LogP contribution in [-0.4, -0.2) is 32.3 Å². The lowest BCUT2D eigenvalue weighted by Crippen LogP contribution is -2.43. The van der Waals surface area contributed by atoms with Gasteiger partial charge in [0, 0.05) is 19.1 Å². The highest BCUT2D eigenvalue weighted by Gasteiger charge is 2.29. The van der Waals surface area contributed by atoms with Crippen LogP contribution in [-0.2, 0) is 13.1 Å². The molecule has 0 radical (unpaired) electrons. The maximum absolute atomic E-state index is 6.11. The highest BCUT2D eigenvalue weighted by Crippen LogP contribution is 2.27. The SMILES string of the molecule is CC(N)C(c1ccco1)N1CCn2cnnc2C1. The maximum Gasteiger partial charge on any atom is 0.147 e. The molecule has 0 fully saturated rings. The molecule has 3 rings (SSSR count). The third-order valence-corrected chi connectivity index (χ3v) is 3.39. The molecule has 3 heterocycles. The number of furan rings is 1. The summed E-state index contributed by atoms with van der Waals surface area (Å²) in [5.41, 5.74) is 6.11. The van der Waals surface area contributed by atoms with Crippen molar-refractivity contribution in [3.8, 4) is 0 Å². The van der Waals surface area contributed by atoms with Crippen LogP contribution in [0.2, 0.25) is 0 Å². The Labute approximate surface area is 105 Å². The Bertz CT molecular complexity index is 504. The molecule has 2 atom stereocenters. The highest BCUT2D eigenvalue weighted by atomic mass is 16.3. The van der Waals surface area contributed by atoms with Crippen LogP contribution in [0.3, 0.4) is 0 Å². The fourth-order valence-corrected chi connectivity index (χ4v) is 2.55. The Morgan fingerprint density at radius 2 is 2.33 bits per heavy atom. The zero-order chi connectivity index (χ0) is 12.5. The van der Waals surface area contributed by atoms with E-state index >= 15 is 0 Å². The molecule has 0 saturated carbocycles. The molecule has 96 valence electrons. The maximum atomic E-state index is 6.11. The van der Waals surface area contributed by atoms with Crippen LogP contribution in [0.25, 0.3) is 0 Å². The van der Waals surface area contributed by atoms with Gasteiger partial charge in [-0.2, -0.15) is 0 Å². The summed E-state index contributed by atoms with van der Waals surface area (Å²) in [6.07, 6.45) is 3.47. The van der Waals surface area contributed by atoms with Crippen molar-refractivity contribution < 1.29 is 4.42 Å². The van der Waals surface area contributed by atoms with Crippen LogP contribution in [0.4, 0.5) is 0 Å². The predicted octanol–water partition coefficient (Wildman–Crippen LogP) is 0.775. The number of hydrogen-bond donors (Lipinski definition) is 1. The van der Waals surface area contributed by atoms with E-state index in [1.807, 2.05) is 19.1 Å². The molecule has 6 heteroatoms. The van der Waals surface area contributed by atoms with E-state index in [1.165, 1.54) is 0 Å². The van der Waals surface area contributed by atoms with Crippen molar-refractivity contribution in [1.29, 1.82) is 0 Å². The third kappa shape index (κ3) is 1.93. The van der Waals surface area contributed by atoms with E-state index in [2.05, 4.69) is 19.7 Å². The average molecular weight is 247 g/mol. The quantitative estimate of drug-likeness (QED) is 0.867.